The van der Waals surface area contributed by atoms with Gasteiger partial charge in [0.2, 0.25) is 0 Å². The summed E-state index contributed by atoms with van der Waals surface area (Å²) >= 11 is 0. The van der Waals surface area contributed by atoms with Crippen LogP contribution in [0.3, 0.4) is 0 Å². The normalized spacial score (nSPS) is 16.3. The molecule has 1 aromatic heterocycles. The number of nitrogens with zero attached hydrogens (tertiary/aromatic N) is 2. The highest BCUT2D eigenvalue weighted by Gasteiger charge is 2.27. The van der Waals surface area contributed by atoms with E-state index in [1.165, 1.54) is 24.8 Å². The lowest BCUT2D eigenvalue weighted by Gasteiger charge is -2.22. The Balaban J connectivity index is 1.25. The summed E-state index contributed by atoms with van der Waals surface area (Å²) in [5, 5.41) is 6.38. The maximum absolute atomic E-state index is 13.2. The molecule has 2 aliphatic heterocycles. The van der Waals surface area contributed by atoms with Crippen molar-refractivity contribution in [3.05, 3.63) is 83.0 Å². The molecular weight excluding hydrogens is 554 g/mol. The minimum absolute atomic E-state index is 0.159. The molecule has 5 rings (SSSR count). The Morgan fingerprint density at radius 2 is 1.93 bits per heavy atom. The van der Waals surface area contributed by atoms with Crippen molar-refractivity contribution in [1.82, 2.24) is 15.2 Å². The van der Waals surface area contributed by atoms with E-state index in [1.807, 2.05) is 6.07 Å². The van der Waals surface area contributed by atoms with E-state index in [1.54, 1.807) is 35.2 Å². The standard InChI is InChI=1S/C31H37N5O5S/c1-41-29(37)20-23-15-18-36(31(38)33-17-6-8-25-12-11-22-7-5-16-32-30(22)34-25)21-24-19-26(13-14-28(23)24)35-42(39,40)27-9-3-2-4-10-27/h2-4,9-14,19,23,35H,5-8,15-18,20-21H2,1H3,(H,32,34)(H,33,38). The lowest BCUT2D eigenvalue weighted by molar-refractivity contribution is -0.141. The van der Waals surface area contributed by atoms with Crippen LogP contribution in [0.5, 0.6) is 0 Å². The van der Waals surface area contributed by atoms with E-state index in [0.717, 1.165) is 54.9 Å². The summed E-state index contributed by atoms with van der Waals surface area (Å²) in [5.74, 6) is 0.482. The number of rotatable bonds is 9. The van der Waals surface area contributed by atoms with Crippen molar-refractivity contribution in [3.8, 4) is 0 Å². The van der Waals surface area contributed by atoms with Gasteiger partial charge in [-0.3, -0.25) is 9.52 Å². The van der Waals surface area contributed by atoms with Gasteiger partial charge in [0.15, 0.2) is 0 Å². The molecule has 2 amide bonds. The fraction of sp³-hybridized carbons (Fsp3) is 0.387. The summed E-state index contributed by atoms with van der Waals surface area (Å²) in [7, 11) is -2.43. The predicted molar refractivity (Wildman–Crippen MR) is 161 cm³/mol. The number of fused-ring (bicyclic) bond motifs is 2. The molecule has 3 heterocycles. The molecule has 222 valence electrons. The molecule has 0 aliphatic carbocycles. The van der Waals surface area contributed by atoms with Crippen LogP contribution in [0, 0.1) is 0 Å². The van der Waals surface area contributed by atoms with Crippen molar-refractivity contribution in [2.75, 3.05) is 36.8 Å². The second-order valence-electron chi connectivity index (χ2n) is 10.7. The Morgan fingerprint density at radius 1 is 1.10 bits per heavy atom. The molecule has 0 saturated heterocycles. The van der Waals surface area contributed by atoms with Gasteiger partial charge in [-0.25, -0.2) is 18.2 Å². The van der Waals surface area contributed by atoms with Crippen LogP contribution in [0.1, 0.15) is 54.0 Å². The summed E-state index contributed by atoms with van der Waals surface area (Å²) in [6.07, 6.45) is 4.43. The topological polar surface area (TPSA) is 130 Å². The molecule has 11 heteroatoms. The predicted octanol–water partition coefficient (Wildman–Crippen LogP) is 4.44. The van der Waals surface area contributed by atoms with Gasteiger partial charge in [0, 0.05) is 37.6 Å². The smallest absolute Gasteiger partial charge is 0.317 e. The minimum atomic E-state index is -3.78. The van der Waals surface area contributed by atoms with Gasteiger partial charge in [0.25, 0.3) is 10.0 Å². The number of benzene rings is 2. The van der Waals surface area contributed by atoms with Gasteiger partial charge in [-0.2, -0.15) is 0 Å². The van der Waals surface area contributed by atoms with Crippen LogP contribution in [0.25, 0.3) is 0 Å². The van der Waals surface area contributed by atoms with Crippen LogP contribution in [-0.2, 0) is 38.9 Å². The fourth-order valence-electron chi connectivity index (χ4n) is 5.52. The summed E-state index contributed by atoms with van der Waals surface area (Å²) in [5.41, 5.74) is 4.34. The van der Waals surface area contributed by atoms with Crippen LogP contribution in [0.2, 0.25) is 0 Å². The first-order valence-electron chi connectivity index (χ1n) is 14.4. The molecule has 10 nitrogen and oxygen atoms in total. The van der Waals surface area contributed by atoms with E-state index in [2.05, 4.69) is 27.5 Å². The third-order valence-corrected chi connectivity index (χ3v) is 9.16. The number of carbonyl (C=O) groups excluding carboxylic acids is 2. The molecule has 42 heavy (non-hydrogen) atoms. The molecule has 0 bridgehead atoms. The first kappa shape index (κ1) is 29.4. The van der Waals surface area contributed by atoms with Gasteiger partial charge in [-0.15, -0.1) is 0 Å². The maximum Gasteiger partial charge on any atom is 0.317 e. The lowest BCUT2D eigenvalue weighted by Crippen LogP contribution is -2.40. The molecule has 0 saturated carbocycles. The van der Waals surface area contributed by atoms with Crippen molar-refractivity contribution >= 4 is 33.5 Å². The van der Waals surface area contributed by atoms with E-state index < -0.39 is 10.0 Å². The first-order valence-corrected chi connectivity index (χ1v) is 15.8. The van der Waals surface area contributed by atoms with E-state index in [0.29, 0.717) is 25.2 Å². The number of aryl methyl sites for hydroxylation is 2. The highest BCUT2D eigenvalue weighted by atomic mass is 32.2. The highest BCUT2D eigenvalue weighted by molar-refractivity contribution is 7.92. The average molecular weight is 592 g/mol. The van der Waals surface area contributed by atoms with Crippen molar-refractivity contribution in [2.24, 2.45) is 0 Å². The number of methoxy groups -OCH3 is 1. The summed E-state index contributed by atoms with van der Waals surface area (Å²) in [4.78, 5) is 32.0. The number of esters is 1. The number of urea groups is 1. The Morgan fingerprint density at radius 3 is 2.74 bits per heavy atom. The maximum atomic E-state index is 13.2. The Bertz CT molecular complexity index is 1530. The zero-order chi connectivity index (χ0) is 29.5. The molecule has 3 aromatic rings. The number of pyridine rings is 1. The second kappa shape index (κ2) is 13.2. The first-order chi connectivity index (χ1) is 20.3. The molecule has 0 radical (unpaired) electrons. The number of amides is 2. The Kier molecular flexibility index (Phi) is 9.26. The van der Waals surface area contributed by atoms with Crippen LogP contribution in [0.15, 0.2) is 65.6 Å². The van der Waals surface area contributed by atoms with Gasteiger partial charge in [0.05, 0.1) is 18.4 Å². The fourth-order valence-corrected chi connectivity index (χ4v) is 6.60. The monoisotopic (exact) mass is 591 g/mol. The molecule has 1 atom stereocenters. The lowest BCUT2D eigenvalue weighted by atomic mass is 9.90. The SMILES string of the molecule is COC(=O)CC1CCN(C(=O)NCCCc2ccc3c(n2)NCCC3)Cc2cc(NS(=O)(=O)c3ccccc3)ccc21. The quantitative estimate of drug-likeness (QED) is 0.248. The minimum Gasteiger partial charge on any atom is -0.469 e. The van der Waals surface area contributed by atoms with Crippen molar-refractivity contribution < 1.29 is 22.7 Å². The molecule has 0 spiro atoms. The van der Waals surface area contributed by atoms with Crippen molar-refractivity contribution in [2.45, 2.75) is 55.9 Å². The number of nitrogens with one attached hydrogen (secondary N) is 3. The molecule has 1 unspecified atom stereocenters. The summed E-state index contributed by atoms with van der Waals surface area (Å²) in [6, 6.07) is 17.4. The number of carbonyl (C=O) groups is 2. The molecular formula is C31H37N5O5S. The summed E-state index contributed by atoms with van der Waals surface area (Å²) < 4.78 is 33.4. The van der Waals surface area contributed by atoms with E-state index in [4.69, 9.17) is 9.72 Å². The van der Waals surface area contributed by atoms with E-state index in [-0.39, 0.29) is 35.8 Å². The molecule has 3 N–H and O–H groups in total. The molecule has 0 fully saturated rings. The third-order valence-electron chi connectivity index (χ3n) is 7.76. The van der Waals surface area contributed by atoms with Crippen LogP contribution >= 0.6 is 0 Å². The van der Waals surface area contributed by atoms with Crippen LogP contribution in [-0.4, -0.2) is 57.0 Å². The Labute approximate surface area is 246 Å². The average Bonchev–Trinajstić information content (AvgIpc) is 3.18. The zero-order valence-electron chi connectivity index (χ0n) is 23.8. The number of anilines is 2. The van der Waals surface area contributed by atoms with Crippen LogP contribution in [0.4, 0.5) is 16.3 Å². The van der Waals surface area contributed by atoms with Crippen molar-refractivity contribution in [3.63, 3.8) is 0 Å². The van der Waals surface area contributed by atoms with Gasteiger partial charge < -0.3 is 20.3 Å². The third kappa shape index (κ3) is 7.20. The van der Waals surface area contributed by atoms with E-state index in [9.17, 15) is 18.0 Å². The number of aromatic nitrogens is 1. The summed E-state index contributed by atoms with van der Waals surface area (Å²) in [6.45, 7) is 2.18. The number of sulfonamides is 1. The van der Waals surface area contributed by atoms with E-state index >= 15 is 0 Å². The number of ether oxygens (including phenoxy) is 1. The van der Waals surface area contributed by atoms with Gasteiger partial charge >= 0.3 is 12.0 Å². The molecule has 2 aromatic carbocycles. The molecule has 2 aliphatic rings. The number of hydrogen-bond acceptors (Lipinski definition) is 7. The highest BCUT2D eigenvalue weighted by Crippen LogP contribution is 2.33. The van der Waals surface area contributed by atoms with Gasteiger partial charge in [-0.1, -0.05) is 30.3 Å². The van der Waals surface area contributed by atoms with Crippen molar-refractivity contribution in [1.29, 1.82) is 0 Å². The Hall–Kier alpha value is -4.12. The largest absolute Gasteiger partial charge is 0.469 e. The van der Waals surface area contributed by atoms with Crippen LogP contribution < -0.4 is 15.4 Å². The van der Waals surface area contributed by atoms with Gasteiger partial charge in [-0.05, 0) is 85.0 Å². The van der Waals surface area contributed by atoms with Gasteiger partial charge in [0.1, 0.15) is 5.82 Å². The zero-order valence-corrected chi connectivity index (χ0v) is 24.6. The number of hydrogen-bond donors (Lipinski definition) is 3. The second-order valence-corrected chi connectivity index (χ2v) is 12.4.